The van der Waals surface area contributed by atoms with Gasteiger partial charge in [0.05, 0.1) is 17.5 Å². The molecule has 0 saturated carbocycles. The number of benzene rings is 2. The molecule has 1 unspecified atom stereocenters. The molecule has 0 heterocycles. The van der Waals surface area contributed by atoms with Crippen LogP contribution in [0.5, 0.6) is 0 Å². The van der Waals surface area contributed by atoms with Crippen LogP contribution in [0.1, 0.15) is 39.7 Å². The highest BCUT2D eigenvalue weighted by Crippen LogP contribution is 2.27. The number of amides is 1. The first-order valence-corrected chi connectivity index (χ1v) is 8.58. The highest BCUT2D eigenvalue weighted by Gasteiger charge is 2.31. The van der Waals surface area contributed by atoms with Crippen molar-refractivity contribution in [1.82, 2.24) is 5.32 Å². The number of carbonyl (C=O) groups excluding carboxylic acids is 1. The number of rotatable bonds is 6. The zero-order chi connectivity index (χ0) is 18.7. The van der Waals surface area contributed by atoms with Crippen LogP contribution in [0.3, 0.4) is 0 Å². The van der Waals surface area contributed by atoms with Gasteiger partial charge in [-0.25, -0.2) is 0 Å². The van der Waals surface area contributed by atoms with Gasteiger partial charge in [-0.05, 0) is 56.9 Å². The molecule has 1 amide bonds. The van der Waals surface area contributed by atoms with Crippen molar-refractivity contribution in [3.63, 3.8) is 0 Å². The van der Waals surface area contributed by atoms with E-state index in [1.807, 2.05) is 45.9 Å². The van der Waals surface area contributed by atoms with Crippen molar-refractivity contribution in [3.8, 4) is 6.07 Å². The van der Waals surface area contributed by atoms with E-state index in [4.69, 9.17) is 5.73 Å². The highest BCUT2D eigenvalue weighted by molar-refractivity contribution is 5.84. The van der Waals surface area contributed by atoms with Crippen molar-refractivity contribution in [2.24, 2.45) is 11.1 Å². The molecule has 0 fully saturated rings. The summed E-state index contributed by atoms with van der Waals surface area (Å²) in [6.07, 6.45) is 1.04. The summed E-state index contributed by atoms with van der Waals surface area (Å²) in [6, 6.07) is 15.9. The fraction of sp³-hybridized carbons (Fsp3) is 0.429. The molecule has 0 bridgehead atoms. The normalized spacial score (nSPS) is 13.3. The summed E-state index contributed by atoms with van der Waals surface area (Å²) in [5, 5.41) is 14.5. The van der Waals surface area contributed by atoms with Crippen LogP contribution >= 0.6 is 0 Å². The first-order valence-electron chi connectivity index (χ1n) is 8.58. The number of hydrogen-bond donors (Lipinski definition) is 2. The lowest BCUT2D eigenvalue weighted by atomic mass is 9.81. The molecule has 0 aliphatic rings. The smallest absolute Gasteiger partial charge is 0.237 e. The van der Waals surface area contributed by atoms with Crippen molar-refractivity contribution in [3.05, 3.63) is 48.0 Å². The molecule has 4 heteroatoms. The molecule has 4 nitrogen and oxygen atoms in total. The van der Waals surface area contributed by atoms with E-state index < -0.39 is 17.0 Å². The summed E-state index contributed by atoms with van der Waals surface area (Å²) in [5.41, 5.74) is 6.17. The molecule has 0 aliphatic carbocycles. The van der Waals surface area contributed by atoms with Gasteiger partial charge in [0.15, 0.2) is 0 Å². The molecule has 1 atom stereocenters. The molecule has 3 N–H and O–H groups in total. The van der Waals surface area contributed by atoms with Gasteiger partial charge in [0, 0.05) is 5.54 Å². The zero-order valence-corrected chi connectivity index (χ0v) is 15.5. The van der Waals surface area contributed by atoms with Crippen molar-refractivity contribution in [2.75, 3.05) is 0 Å². The largest absolute Gasteiger partial charge is 0.350 e. The van der Waals surface area contributed by atoms with Crippen LogP contribution in [-0.4, -0.2) is 17.5 Å². The van der Waals surface area contributed by atoms with Gasteiger partial charge in [-0.3, -0.25) is 4.79 Å². The van der Waals surface area contributed by atoms with Crippen molar-refractivity contribution < 1.29 is 4.79 Å². The Bertz CT molecular complexity index is 802. The second-order valence-electron chi connectivity index (χ2n) is 8.04. The maximum Gasteiger partial charge on any atom is 0.237 e. The third-order valence-electron chi connectivity index (χ3n) is 4.25. The maximum absolute atomic E-state index is 12.5. The molecule has 25 heavy (non-hydrogen) atoms. The molecule has 2 aromatic rings. The van der Waals surface area contributed by atoms with Crippen LogP contribution in [0.15, 0.2) is 42.5 Å². The van der Waals surface area contributed by atoms with Crippen LogP contribution in [0.25, 0.3) is 10.8 Å². The molecular weight excluding hydrogens is 310 g/mol. The van der Waals surface area contributed by atoms with E-state index in [0.29, 0.717) is 12.8 Å². The van der Waals surface area contributed by atoms with Gasteiger partial charge in [-0.2, -0.15) is 5.26 Å². The van der Waals surface area contributed by atoms with Crippen LogP contribution in [0, 0.1) is 16.7 Å². The van der Waals surface area contributed by atoms with E-state index in [1.165, 1.54) is 5.39 Å². The van der Waals surface area contributed by atoms with Gasteiger partial charge >= 0.3 is 0 Å². The predicted octanol–water partition coefficient (Wildman–Crippen LogP) is 3.54. The van der Waals surface area contributed by atoms with Gasteiger partial charge in [-0.15, -0.1) is 0 Å². The molecule has 132 valence electrons. The van der Waals surface area contributed by atoms with E-state index in [1.54, 1.807) is 0 Å². The second-order valence-corrected chi connectivity index (χ2v) is 8.04. The molecule has 2 rings (SSSR count). The lowest BCUT2D eigenvalue weighted by Crippen LogP contribution is -2.52. The molecule has 0 spiro atoms. The Morgan fingerprint density at radius 2 is 1.80 bits per heavy atom. The highest BCUT2D eigenvalue weighted by atomic mass is 16.2. The number of nitriles is 1. The summed E-state index contributed by atoms with van der Waals surface area (Å²) < 4.78 is 0. The van der Waals surface area contributed by atoms with Crippen LogP contribution < -0.4 is 11.1 Å². The number of nitrogens with two attached hydrogens (primary N) is 1. The Morgan fingerprint density at radius 1 is 1.16 bits per heavy atom. The summed E-state index contributed by atoms with van der Waals surface area (Å²) in [6.45, 7) is 7.59. The van der Waals surface area contributed by atoms with E-state index in [-0.39, 0.29) is 5.91 Å². The van der Waals surface area contributed by atoms with E-state index in [2.05, 4.69) is 35.7 Å². The fourth-order valence-electron chi connectivity index (χ4n) is 3.33. The molecule has 0 radical (unpaired) electrons. The molecule has 0 aliphatic heterocycles. The first kappa shape index (κ1) is 19.0. The number of fused-ring (bicyclic) bond motifs is 1. The summed E-state index contributed by atoms with van der Waals surface area (Å²) >= 11 is 0. The SMILES string of the molecule is CC(C)(C#N)CC(C)(C)NC(=O)C(N)Cc1ccc2ccccc2c1. The minimum absolute atomic E-state index is 0.188. The monoisotopic (exact) mass is 337 g/mol. The van der Waals surface area contributed by atoms with Crippen LogP contribution in [-0.2, 0) is 11.2 Å². The van der Waals surface area contributed by atoms with E-state index >= 15 is 0 Å². The zero-order valence-electron chi connectivity index (χ0n) is 15.5. The van der Waals surface area contributed by atoms with Crippen LogP contribution in [0.2, 0.25) is 0 Å². The second kappa shape index (κ2) is 7.25. The van der Waals surface area contributed by atoms with Gasteiger partial charge < -0.3 is 11.1 Å². The van der Waals surface area contributed by atoms with Gasteiger partial charge in [0.25, 0.3) is 0 Å². The van der Waals surface area contributed by atoms with Crippen molar-refractivity contribution in [1.29, 1.82) is 5.26 Å². The quantitative estimate of drug-likeness (QED) is 0.846. The Hall–Kier alpha value is -2.38. The average Bonchev–Trinajstić information content (AvgIpc) is 2.53. The Labute approximate surface area is 150 Å². The molecule has 2 aromatic carbocycles. The minimum Gasteiger partial charge on any atom is -0.350 e. The molecule has 0 saturated heterocycles. The lowest BCUT2D eigenvalue weighted by Gasteiger charge is -2.32. The first-order chi connectivity index (χ1) is 11.6. The van der Waals surface area contributed by atoms with Crippen LogP contribution in [0.4, 0.5) is 0 Å². The Kier molecular flexibility index (Phi) is 5.49. The predicted molar refractivity (Wildman–Crippen MR) is 102 cm³/mol. The minimum atomic E-state index is -0.620. The van der Waals surface area contributed by atoms with Crippen molar-refractivity contribution >= 4 is 16.7 Å². The summed E-state index contributed by atoms with van der Waals surface area (Å²) in [7, 11) is 0. The standard InChI is InChI=1S/C21H27N3O/c1-20(2,14-22)13-21(3,4)24-19(25)18(23)12-15-9-10-16-7-5-6-8-17(16)11-15/h5-11,18H,12-13,23H2,1-4H3,(H,24,25). The van der Waals surface area contributed by atoms with E-state index in [9.17, 15) is 10.1 Å². The van der Waals surface area contributed by atoms with Crippen molar-refractivity contribution in [2.45, 2.75) is 52.1 Å². The maximum atomic E-state index is 12.5. The topological polar surface area (TPSA) is 78.9 Å². The van der Waals surface area contributed by atoms with Gasteiger partial charge in [0.2, 0.25) is 5.91 Å². The summed E-state index contributed by atoms with van der Waals surface area (Å²) in [5.74, 6) is -0.188. The Balaban J connectivity index is 2.02. The Morgan fingerprint density at radius 3 is 2.44 bits per heavy atom. The third kappa shape index (κ3) is 5.30. The van der Waals surface area contributed by atoms with Gasteiger partial charge in [-0.1, -0.05) is 42.5 Å². The summed E-state index contributed by atoms with van der Waals surface area (Å²) in [4.78, 5) is 12.5. The lowest BCUT2D eigenvalue weighted by molar-refractivity contribution is -0.124. The number of nitrogens with zero attached hydrogens (tertiary/aromatic N) is 1. The molecule has 0 aromatic heterocycles. The van der Waals surface area contributed by atoms with E-state index in [0.717, 1.165) is 10.9 Å². The number of hydrogen-bond acceptors (Lipinski definition) is 3. The molecular formula is C21H27N3O. The number of carbonyl (C=O) groups is 1. The third-order valence-corrected chi connectivity index (χ3v) is 4.25. The van der Waals surface area contributed by atoms with Gasteiger partial charge in [0.1, 0.15) is 0 Å². The average molecular weight is 337 g/mol. The number of nitrogens with one attached hydrogen (secondary N) is 1. The fourth-order valence-corrected chi connectivity index (χ4v) is 3.33.